The highest BCUT2D eigenvalue weighted by atomic mass is 19.1. The number of rotatable bonds is 2. The predicted molar refractivity (Wildman–Crippen MR) is 72.6 cm³/mol. The Morgan fingerprint density at radius 1 is 1.33 bits per heavy atom. The lowest BCUT2D eigenvalue weighted by Crippen LogP contribution is -2.00. The van der Waals surface area contributed by atoms with Crippen molar-refractivity contribution in [1.82, 2.24) is 15.2 Å². The molecule has 6 nitrogen and oxygen atoms in total. The number of hydrogen-bond donors (Lipinski definition) is 3. The maximum Gasteiger partial charge on any atom is 0.336 e. The number of carbonyl (C=O) groups is 1. The first-order valence-electron chi connectivity index (χ1n) is 6.05. The van der Waals surface area contributed by atoms with Gasteiger partial charge >= 0.3 is 5.97 Å². The van der Waals surface area contributed by atoms with Crippen LogP contribution in [0.15, 0.2) is 24.3 Å². The van der Waals surface area contributed by atoms with Crippen LogP contribution in [0.25, 0.3) is 22.3 Å². The molecule has 3 aromatic rings. The monoisotopic (exact) mass is 287 g/mol. The lowest BCUT2D eigenvalue weighted by atomic mass is 10.1. The minimum atomic E-state index is -1.15. The van der Waals surface area contributed by atoms with Crippen LogP contribution in [0.4, 0.5) is 4.39 Å². The molecule has 0 bridgehead atoms. The molecule has 0 atom stereocenters. The summed E-state index contributed by atoms with van der Waals surface area (Å²) in [5.74, 6) is -2.05. The number of aryl methyl sites for hydroxylation is 1. The molecule has 3 N–H and O–H groups in total. The Kier molecular flexibility index (Phi) is 2.83. The summed E-state index contributed by atoms with van der Waals surface area (Å²) in [7, 11) is 0. The second-order valence-corrected chi connectivity index (χ2v) is 4.57. The number of H-pyrrole nitrogens is 1. The van der Waals surface area contributed by atoms with Gasteiger partial charge < -0.3 is 10.2 Å². The fourth-order valence-corrected chi connectivity index (χ4v) is 2.19. The van der Waals surface area contributed by atoms with Gasteiger partial charge in [-0.2, -0.15) is 5.10 Å². The maximum atomic E-state index is 13.9. The number of carboxylic acid groups (broad SMARTS) is 1. The number of nitrogens with one attached hydrogen (secondary N) is 1. The van der Waals surface area contributed by atoms with Crippen LogP contribution in [-0.4, -0.2) is 31.4 Å². The van der Waals surface area contributed by atoms with Crippen molar-refractivity contribution in [2.75, 3.05) is 0 Å². The molecule has 21 heavy (non-hydrogen) atoms. The van der Waals surface area contributed by atoms with E-state index in [0.29, 0.717) is 11.1 Å². The van der Waals surface area contributed by atoms with Crippen molar-refractivity contribution in [2.24, 2.45) is 0 Å². The van der Waals surface area contributed by atoms with E-state index >= 15 is 0 Å². The van der Waals surface area contributed by atoms with Crippen molar-refractivity contribution in [2.45, 2.75) is 6.92 Å². The molecule has 0 saturated heterocycles. The van der Waals surface area contributed by atoms with Crippen molar-refractivity contribution in [3.8, 4) is 17.0 Å². The summed E-state index contributed by atoms with van der Waals surface area (Å²) in [6, 6.07) is 4.88. The third-order valence-electron chi connectivity index (χ3n) is 3.16. The largest absolute Gasteiger partial charge is 0.508 e. The minimum Gasteiger partial charge on any atom is -0.508 e. The van der Waals surface area contributed by atoms with Crippen LogP contribution in [0.2, 0.25) is 0 Å². The second kappa shape index (κ2) is 4.55. The first-order chi connectivity index (χ1) is 9.97. The maximum absolute atomic E-state index is 13.9. The molecule has 0 radical (unpaired) electrons. The first kappa shape index (κ1) is 13.0. The van der Waals surface area contributed by atoms with Crippen LogP contribution in [-0.2, 0) is 0 Å². The summed E-state index contributed by atoms with van der Waals surface area (Å²) in [4.78, 5) is 15.6. The van der Waals surface area contributed by atoms with Gasteiger partial charge in [-0.3, -0.25) is 5.10 Å². The van der Waals surface area contributed by atoms with E-state index in [4.69, 9.17) is 0 Å². The first-order valence-corrected chi connectivity index (χ1v) is 6.05. The van der Waals surface area contributed by atoms with E-state index in [-0.39, 0.29) is 28.2 Å². The summed E-state index contributed by atoms with van der Waals surface area (Å²) in [6.45, 7) is 1.68. The van der Waals surface area contributed by atoms with Gasteiger partial charge in [0.25, 0.3) is 0 Å². The number of fused-ring (bicyclic) bond motifs is 1. The predicted octanol–water partition coefficient (Wildman–Crippen LogP) is 2.48. The highest BCUT2D eigenvalue weighted by Gasteiger charge is 2.18. The molecule has 106 valence electrons. The Hall–Kier alpha value is -2.96. The van der Waals surface area contributed by atoms with Gasteiger partial charge in [-0.25, -0.2) is 14.2 Å². The number of benzene rings is 1. The second-order valence-electron chi connectivity index (χ2n) is 4.57. The van der Waals surface area contributed by atoms with E-state index in [1.165, 1.54) is 18.2 Å². The smallest absolute Gasteiger partial charge is 0.336 e. The third kappa shape index (κ3) is 2.08. The van der Waals surface area contributed by atoms with E-state index < -0.39 is 11.8 Å². The summed E-state index contributed by atoms with van der Waals surface area (Å²) < 4.78 is 13.9. The van der Waals surface area contributed by atoms with Crippen LogP contribution < -0.4 is 0 Å². The number of phenolic OH excluding ortho intramolecular Hbond substituents is 1. The van der Waals surface area contributed by atoms with Crippen LogP contribution in [0.3, 0.4) is 0 Å². The highest BCUT2D eigenvalue weighted by Crippen LogP contribution is 2.28. The lowest BCUT2D eigenvalue weighted by molar-refractivity contribution is 0.0699. The zero-order valence-electron chi connectivity index (χ0n) is 10.9. The molecule has 0 aliphatic carbocycles. The number of aromatic carboxylic acids is 1. The Balaban J connectivity index is 2.31. The zero-order chi connectivity index (χ0) is 15.1. The number of halogens is 1. The SMILES string of the molecule is Cc1[nH]nc2nc(-c3ccc(O)cc3F)cc(C(=O)O)c12. The van der Waals surface area contributed by atoms with Crippen molar-refractivity contribution in [1.29, 1.82) is 0 Å². The summed E-state index contributed by atoms with van der Waals surface area (Å²) in [5.41, 5.74) is 1.01. The van der Waals surface area contributed by atoms with Crippen molar-refractivity contribution in [3.63, 3.8) is 0 Å². The molecule has 0 aliphatic rings. The number of aromatic nitrogens is 3. The van der Waals surface area contributed by atoms with Crippen molar-refractivity contribution >= 4 is 17.0 Å². The Morgan fingerprint density at radius 3 is 2.76 bits per heavy atom. The van der Waals surface area contributed by atoms with Gasteiger partial charge in [0.2, 0.25) is 0 Å². The Morgan fingerprint density at radius 2 is 2.10 bits per heavy atom. The molecule has 7 heteroatoms. The van der Waals surface area contributed by atoms with Gasteiger partial charge in [-0.15, -0.1) is 0 Å². The highest BCUT2D eigenvalue weighted by molar-refractivity contribution is 6.03. The van der Waals surface area contributed by atoms with Gasteiger partial charge in [-0.1, -0.05) is 0 Å². The number of aromatic hydroxyl groups is 1. The molecule has 0 saturated carbocycles. The molecular formula is C14H10FN3O3. The number of hydrogen-bond acceptors (Lipinski definition) is 4. The standard InChI is InChI=1S/C14H10FN3O3/c1-6-12-9(14(20)21)5-11(16-13(12)18-17-6)8-3-2-7(19)4-10(8)15/h2-5,19H,1H3,(H,20,21)(H,16,17,18). The van der Waals surface area contributed by atoms with Crippen LogP contribution in [0.1, 0.15) is 16.1 Å². The molecular weight excluding hydrogens is 277 g/mol. The average Bonchev–Trinajstić information content (AvgIpc) is 2.79. The van der Waals surface area contributed by atoms with E-state index in [1.807, 2.05) is 0 Å². The third-order valence-corrected chi connectivity index (χ3v) is 3.16. The van der Waals surface area contributed by atoms with Gasteiger partial charge in [-0.05, 0) is 25.1 Å². The number of phenols is 1. The number of carboxylic acids is 1. The fourth-order valence-electron chi connectivity index (χ4n) is 2.19. The molecule has 2 aromatic heterocycles. The van der Waals surface area contributed by atoms with Gasteiger partial charge in [0.1, 0.15) is 11.6 Å². The van der Waals surface area contributed by atoms with E-state index in [9.17, 15) is 19.4 Å². The molecule has 1 aromatic carbocycles. The van der Waals surface area contributed by atoms with Gasteiger partial charge in [0, 0.05) is 17.3 Å². The normalized spacial score (nSPS) is 11.0. The Labute approximate surface area is 117 Å². The van der Waals surface area contributed by atoms with Crippen molar-refractivity contribution < 1.29 is 19.4 Å². The number of aromatic amines is 1. The topological polar surface area (TPSA) is 99.1 Å². The van der Waals surface area contributed by atoms with Crippen LogP contribution in [0.5, 0.6) is 5.75 Å². The Bertz CT molecular complexity index is 873. The van der Waals surface area contributed by atoms with Gasteiger partial charge in [0.15, 0.2) is 5.65 Å². The number of pyridine rings is 1. The van der Waals surface area contributed by atoms with Crippen LogP contribution in [0, 0.1) is 12.7 Å². The minimum absolute atomic E-state index is 0.00581. The summed E-state index contributed by atoms with van der Waals surface area (Å²) in [5, 5.41) is 25.5. The average molecular weight is 287 g/mol. The molecule has 0 unspecified atom stereocenters. The number of nitrogens with zero attached hydrogens (tertiary/aromatic N) is 2. The summed E-state index contributed by atoms with van der Waals surface area (Å²) in [6.07, 6.45) is 0. The molecule has 3 rings (SSSR count). The molecule has 0 spiro atoms. The lowest BCUT2D eigenvalue weighted by Gasteiger charge is -2.06. The quantitative estimate of drug-likeness (QED) is 0.672. The van der Waals surface area contributed by atoms with Crippen molar-refractivity contribution in [3.05, 3.63) is 41.3 Å². The molecule has 0 aliphatic heterocycles. The zero-order valence-corrected chi connectivity index (χ0v) is 10.9. The van der Waals surface area contributed by atoms with E-state index in [2.05, 4.69) is 15.2 Å². The molecule has 2 heterocycles. The van der Waals surface area contributed by atoms with Crippen LogP contribution >= 0.6 is 0 Å². The van der Waals surface area contributed by atoms with E-state index in [0.717, 1.165) is 6.07 Å². The molecule has 0 amide bonds. The van der Waals surface area contributed by atoms with Gasteiger partial charge in [0.05, 0.1) is 16.6 Å². The molecule has 0 fully saturated rings. The van der Waals surface area contributed by atoms with E-state index in [1.54, 1.807) is 6.92 Å². The summed E-state index contributed by atoms with van der Waals surface area (Å²) >= 11 is 0. The fraction of sp³-hybridized carbons (Fsp3) is 0.0714.